The Kier molecular flexibility index (Phi) is 7.70. The molecule has 5 heteroatoms. The monoisotopic (exact) mass is 329 g/mol. The molecule has 0 fully saturated rings. The van der Waals surface area contributed by atoms with Crippen molar-refractivity contribution in [2.45, 2.75) is 6.42 Å². The second kappa shape index (κ2) is 9.07. The summed E-state index contributed by atoms with van der Waals surface area (Å²) in [4.78, 5) is 13.0. The molecule has 106 valence electrons. The van der Waals surface area contributed by atoms with Gasteiger partial charge in [0.2, 0.25) is 0 Å². The Morgan fingerprint density at radius 2 is 1.95 bits per heavy atom. The van der Waals surface area contributed by atoms with E-state index in [1.165, 1.54) is 0 Å². The number of halogens is 1. The van der Waals surface area contributed by atoms with Crippen LogP contribution in [0.15, 0.2) is 22.7 Å². The molecule has 0 aromatic heterocycles. The normalized spacial score (nSPS) is 10.5. The van der Waals surface area contributed by atoms with Gasteiger partial charge < -0.3 is 14.4 Å². The minimum atomic E-state index is 0.660. The summed E-state index contributed by atoms with van der Waals surface area (Å²) in [6.45, 7) is 3.11. The second-order valence-electron chi connectivity index (χ2n) is 4.15. The van der Waals surface area contributed by atoms with Crippen LogP contribution >= 0.6 is 15.9 Å². The molecule has 0 unspecified atom stereocenters. The summed E-state index contributed by atoms with van der Waals surface area (Å²) in [5.41, 5.74) is 1.73. The van der Waals surface area contributed by atoms with E-state index in [4.69, 9.17) is 9.47 Å². The van der Waals surface area contributed by atoms with Gasteiger partial charge in [-0.05, 0) is 40.5 Å². The van der Waals surface area contributed by atoms with Crippen molar-refractivity contribution in [3.05, 3.63) is 28.2 Å². The molecule has 0 radical (unpaired) electrons. The fourth-order valence-electron chi connectivity index (χ4n) is 1.78. The summed E-state index contributed by atoms with van der Waals surface area (Å²) in [6, 6.07) is 5.74. The van der Waals surface area contributed by atoms with Gasteiger partial charge in [-0.2, -0.15) is 0 Å². The van der Waals surface area contributed by atoms with Crippen LogP contribution in [0.4, 0.5) is 5.69 Å². The van der Waals surface area contributed by atoms with Crippen LogP contribution in [-0.4, -0.2) is 46.8 Å². The van der Waals surface area contributed by atoms with E-state index in [9.17, 15) is 4.79 Å². The lowest BCUT2D eigenvalue weighted by Gasteiger charge is -2.25. The Morgan fingerprint density at radius 1 is 1.21 bits per heavy atom. The smallest absolute Gasteiger partial charge is 0.151 e. The Bertz CT molecular complexity index is 398. The van der Waals surface area contributed by atoms with Gasteiger partial charge in [0.05, 0.1) is 6.61 Å². The molecule has 0 aliphatic rings. The molecule has 0 amide bonds. The Morgan fingerprint density at radius 3 is 2.53 bits per heavy atom. The number of aldehydes is 1. The van der Waals surface area contributed by atoms with E-state index >= 15 is 0 Å². The molecular formula is C14H20BrNO3. The van der Waals surface area contributed by atoms with Gasteiger partial charge in [-0.15, -0.1) is 0 Å². The fraction of sp³-hybridized carbons (Fsp3) is 0.500. The molecule has 1 aromatic rings. The van der Waals surface area contributed by atoms with Crippen molar-refractivity contribution in [2.75, 3.05) is 45.4 Å². The van der Waals surface area contributed by atoms with Gasteiger partial charge in [0.15, 0.2) is 6.29 Å². The molecule has 4 nitrogen and oxygen atoms in total. The van der Waals surface area contributed by atoms with E-state index in [-0.39, 0.29) is 0 Å². The van der Waals surface area contributed by atoms with Crippen LogP contribution in [-0.2, 0) is 9.47 Å². The number of hydrogen-bond acceptors (Lipinski definition) is 4. The van der Waals surface area contributed by atoms with E-state index in [0.717, 1.165) is 42.6 Å². The SMILES string of the molecule is COCCCN(CCOC)c1ccc(C=O)c(Br)c1. The van der Waals surface area contributed by atoms with Gasteiger partial charge >= 0.3 is 0 Å². The zero-order valence-corrected chi connectivity index (χ0v) is 13.0. The standard InChI is InChI=1S/C14H20BrNO3/c1-18-8-3-6-16(7-9-19-2)13-5-4-12(11-17)14(15)10-13/h4-5,10-11H,3,6-9H2,1-2H3. The molecule has 0 aliphatic heterocycles. The summed E-state index contributed by atoms with van der Waals surface area (Å²) >= 11 is 3.41. The molecule has 0 bridgehead atoms. The van der Waals surface area contributed by atoms with Gasteiger partial charge in [-0.25, -0.2) is 0 Å². The number of anilines is 1. The van der Waals surface area contributed by atoms with E-state index in [2.05, 4.69) is 20.8 Å². The van der Waals surface area contributed by atoms with Crippen molar-refractivity contribution in [3.8, 4) is 0 Å². The third-order valence-electron chi connectivity index (χ3n) is 2.82. The Labute approximate surface area is 122 Å². The van der Waals surface area contributed by atoms with Gasteiger partial charge in [-0.3, -0.25) is 4.79 Å². The highest BCUT2D eigenvalue weighted by molar-refractivity contribution is 9.10. The number of hydrogen-bond donors (Lipinski definition) is 0. The quantitative estimate of drug-likeness (QED) is 0.516. The van der Waals surface area contributed by atoms with Gasteiger partial charge in [0, 0.05) is 49.6 Å². The number of ether oxygens (including phenoxy) is 2. The van der Waals surface area contributed by atoms with Crippen LogP contribution in [0.1, 0.15) is 16.8 Å². The van der Waals surface area contributed by atoms with Crippen molar-refractivity contribution in [1.82, 2.24) is 0 Å². The van der Waals surface area contributed by atoms with Crippen LogP contribution in [0.2, 0.25) is 0 Å². The highest BCUT2D eigenvalue weighted by atomic mass is 79.9. The summed E-state index contributed by atoms with van der Waals surface area (Å²) in [5.74, 6) is 0. The predicted octanol–water partition coefficient (Wildman–Crippen LogP) is 2.75. The second-order valence-corrected chi connectivity index (χ2v) is 5.00. The molecule has 1 rings (SSSR count). The minimum absolute atomic E-state index is 0.660. The molecule has 0 saturated heterocycles. The zero-order valence-electron chi connectivity index (χ0n) is 11.4. The van der Waals surface area contributed by atoms with E-state index < -0.39 is 0 Å². The fourth-order valence-corrected chi connectivity index (χ4v) is 2.24. The van der Waals surface area contributed by atoms with E-state index in [0.29, 0.717) is 12.2 Å². The molecular weight excluding hydrogens is 310 g/mol. The number of carbonyl (C=O) groups excluding carboxylic acids is 1. The maximum absolute atomic E-state index is 10.8. The molecule has 0 spiro atoms. The molecule has 0 N–H and O–H groups in total. The average Bonchev–Trinajstić information content (AvgIpc) is 2.42. The first-order chi connectivity index (χ1) is 9.22. The Balaban J connectivity index is 2.77. The lowest BCUT2D eigenvalue weighted by Crippen LogP contribution is -2.29. The molecule has 0 aliphatic carbocycles. The van der Waals surface area contributed by atoms with Gasteiger partial charge in [-0.1, -0.05) is 0 Å². The van der Waals surface area contributed by atoms with Crippen molar-refractivity contribution >= 4 is 27.9 Å². The molecule has 19 heavy (non-hydrogen) atoms. The van der Waals surface area contributed by atoms with Crippen LogP contribution in [0, 0.1) is 0 Å². The lowest BCUT2D eigenvalue weighted by atomic mass is 10.2. The van der Waals surface area contributed by atoms with Crippen LogP contribution in [0.5, 0.6) is 0 Å². The lowest BCUT2D eigenvalue weighted by molar-refractivity contribution is 0.112. The molecule has 1 aromatic carbocycles. The highest BCUT2D eigenvalue weighted by Crippen LogP contribution is 2.23. The third-order valence-corrected chi connectivity index (χ3v) is 3.50. The zero-order chi connectivity index (χ0) is 14.1. The topological polar surface area (TPSA) is 38.8 Å². The van der Waals surface area contributed by atoms with Crippen LogP contribution in [0.3, 0.4) is 0 Å². The number of methoxy groups -OCH3 is 2. The van der Waals surface area contributed by atoms with Crippen molar-refractivity contribution in [2.24, 2.45) is 0 Å². The molecule has 0 atom stereocenters. The minimum Gasteiger partial charge on any atom is -0.385 e. The maximum atomic E-state index is 10.8. The summed E-state index contributed by atoms with van der Waals surface area (Å²) in [7, 11) is 3.40. The van der Waals surface area contributed by atoms with Crippen LogP contribution in [0.25, 0.3) is 0 Å². The van der Waals surface area contributed by atoms with E-state index in [1.807, 2.05) is 18.2 Å². The molecule has 0 heterocycles. The average molecular weight is 330 g/mol. The largest absolute Gasteiger partial charge is 0.385 e. The van der Waals surface area contributed by atoms with Gasteiger partial charge in [0.25, 0.3) is 0 Å². The number of carbonyl (C=O) groups is 1. The first-order valence-corrected chi connectivity index (χ1v) is 6.99. The van der Waals surface area contributed by atoms with Crippen molar-refractivity contribution < 1.29 is 14.3 Å². The first-order valence-electron chi connectivity index (χ1n) is 6.20. The number of benzene rings is 1. The number of nitrogens with zero attached hydrogens (tertiary/aromatic N) is 1. The number of rotatable bonds is 9. The van der Waals surface area contributed by atoms with Crippen molar-refractivity contribution in [1.29, 1.82) is 0 Å². The molecule has 0 saturated carbocycles. The summed E-state index contributed by atoms with van der Waals surface area (Å²) in [5, 5.41) is 0. The van der Waals surface area contributed by atoms with Gasteiger partial charge in [0.1, 0.15) is 0 Å². The van der Waals surface area contributed by atoms with E-state index in [1.54, 1.807) is 14.2 Å². The first kappa shape index (κ1) is 16.1. The maximum Gasteiger partial charge on any atom is 0.151 e. The summed E-state index contributed by atoms with van der Waals surface area (Å²) < 4.78 is 11.0. The van der Waals surface area contributed by atoms with Crippen molar-refractivity contribution in [3.63, 3.8) is 0 Å². The third kappa shape index (κ3) is 5.30. The predicted molar refractivity (Wildman–Crippen MR) is 80.1 cm³/mol. The highest BCUT2D eigenvalue weighted by Gasteiger charge is 2.08. The van der Waals surface area contributed by atoms with Crippen LogP contribution < -0.4 is 4.90 Å². The summed E-state index contributed by atoms with van der Waals surface area (Å²) in [6.07, 6.45) is 1.80. The Hall–Kier alpha value is -0.910.